The molecule has 3 rings (SSSR count). The number of carbonyl (C=O) groups excluding carboxylic acids is 1. The average molecular weight is 530 g/mol. The SMILES string of the molecule is CC(C(=O)NCc1ccc(C(F)(F)F)nc1-c1cccc(Cl)c1)c1ccc(N(C)[SH](=O)=O)c(F)c1. The Morgan fingerprint density at radius 1 is 1.14 bits per heavy atom. The minimum Gasteiger partial charge on any atom is -0.351 e. The lowest BCUT2D eigenvalue weighted by Gasteiger charge is -2.17. The number of benzene rings is 2. The van der Waals surface area contributed by atoms with Gasteiger partial charge in [0.2, 0.25) is 16.8 Å². The Labute approximate surface area is 205 Å². The molecule has 0 spiro atoms. The van der Waals surface area contributed by atoms with Gasteiger partial charge in [0.05, 0.1) is 17.3 Å². The number of hydrogen-bond donors (Lipinski definition) is 2. The van der Waals surface area contributed by atoms with E-state index in [0.717, 1.165) is 16.4 Å². The van der Waals surface area contributed by atoms with E-state index >= 15 is 0 Å². The normalized spacial score (nSPS) is 12.5. The first-order valence-corrected chi connectivity index (χ1v) is 11.7. The Bertz CT molecular complexity index is 1320. The largest absolute Gasteiger partial charge is 0.433 e. The van der Waals surface area contributed by atoms with Crippen LogP contribution in [0, 0.1) is 5.82 Å². The Morgan fingerprint density at radius 2 is 1.86 bits per heavy atom. The zero-order chi connectivity index (χ0) is 25.9. The maximum absolute atomic E-state index is 14.4. The Hall–Kier alpha value is -3.18. The molecular weight excluding hydrogens is 510 g/mol. The van der Waals surface area contributed by atoms with E-state index in [9.17, 15) is 30.8 Å². The molecule has 0 aliphatic rings. The van der Waals surface area contributed by atoms with E-state index in [4.69, 9.17) is 11.6 Å². The van der Waals surface area contributed by atoms with E-state index in [2.05, 4.69) is 10.3 Å². The van der Waals surface area contributed by atoms with Crippen molar-refractivity contribution in [3.8, 4) is 11.3 Å². The molecule has 1 unspecified atom stereocenters. The summed E-state index contributed by atoms with van der Waals surface area (Å²) in [6.07, 6.45) is -4.66. The average Bonchev–Trinajstić information content (AvgIpc) is 2.80. The van der Waals surface area contributed by atoms with Gasteiger partial charge in [-0.2, -0.15) is 13.2 Å². The fraction of sp³-hybridized carbons (Fsp3) is 0.217. The number of rotatable bonds is 7. The lowest BCUT2D eigenvalue weighted by Crippen LogP contribution is -2.28. The Kier molecular flexibility index (Phi) is 8.01. The lowest BCUT2D eigenvalue weighted by molar-refractivity contribution is -0.141. The van der Waals surface area contributed by atoms with Crippen molar-refractivity contribution in [3.63, 3.8) is 0 Å². The molecule has 12 heteroatoms. The minimum atomic E-state index is -4.66. The molecule has 35 heavy (non-hydrogen) atoms. The third-order valence-electron chi connectivity index (χ3n) is 5.28. The van der Waals surface area contributed by atoms with Crippen LogP contribution >= 0.6 is 11.6 Å². The maximum Gasteiger partial charge on any atom is 0.433 e. The first-order chi connectivity index (χ1) is 16.4. The molecule has 1 heterocycles. The van der Waals surface area contributed by atoms with Gasteiger partial charge in [-0.05, 0) is 48.4 Å². The quantitative estimate of drug-likeness (QED) is 0.335. The molecule has 1 amide bonds. The highest BCUT2D eigenvalue weighted by atomic mass is 35.5. The molecular formula is C23H20ClF4N3O3S. The van der Waals surface area contributed by atoms with Crippen LogP contribution in [0.25, 0.3) is 11.3 Å². The molecule has 0 fully saturated rings. The standard InChI is InChI=1S/C23H20ClF4N3O3S/c1-13(14-6-8-19(18(25)11-14)31(2)35(33)34)22(32)29-12-16-7-9-20(23(26,27)28)30-21(16)15-4-3-5-17(24)10-15/h3-11,13,35H,12H2,1-2H3,(H,29,32). The molecule has 1 aromatic heterocycles. The summed E-state index contributed by atoms with van der Waals surface area (Å²) in [5.41, 5.74) is -0.280. The molecule has 1 atom stereocenters. The monoisotopic (exact) mass is 529 g/mol. The number of thiol groups is 1. The summed E-state index contributed by atoms with van der Waals surface area (Å²) >= 11 is 5.99. The number of pyridine rings is 1. The van der Waals surface area contributed by atoms with Gasteiger partial charge in [-0.1, -0.05) is 35.9 Å². The zero-order valence-electron chi connectivity index (χ0n) is 18.4. The van der Waals surface area contributed by atoms with E-state index in [1.807, 2.05) is 0 Å². The molecule has 0 saturated heterocycles. The summed E-state index contributed by atoms with van der Waals surface area (Å²) in [6.45, 7) is 1.38. The van der Waals surface area contributed by atoms with Gasteiger partial charge in [0.15, 0.2) is 0 Å². The van der Waals surface area contributed by atoms with Crippen molar-refractivity contribution in [1.29, 1.82) is 0 Å². The lowest BCUT2D eigenvalue weighted by atomic mass is 9.99. The van der Waals surface area contributed by atoms with Crippen molar-refractivity contribution in [3.05, 3.63) is 82.3 Å². The van der Waals surface area contributed by atoms with Crippen LogP contribution in [0.15, 0.2) is 54.6 Å². The first-order valence-electron chi connectivity index (χ1n) is 10.2. The summed E-state index contributed by atoms with van der Waals surface area (Å²) in [7, 11) is -1.84. The predicted octanol–water partition coefficient (Wildman–Crippen LogP) is 4.94. The minimum absolute atomic E-state index is 0.0143. The van der Waals surface area contributed by atoms with Crippen LogP contribution in [0.3, 0.4) is 0 Å². The number of halogens is 5. The maximum atomic E-state index is 14.4. The van der Waals surface area contributed by atoms with E-state index in [-0.39, 0.29) is 17.9 Å². The van der Waals surface area contributed by atoms with Crippen LogP contribution in [-0.2, 0) is 28.4 Å². The molecule has 3 aromatic rings. The topological polar surface area (TPSA) is 79.4 Å². The van der Waals surface area contributed by atoms with Crippen molar-refractivity contribution in [2.75, 3.05) is 11.4 Å². The second kappa shape index (κ2) is 10.6. The van der Waals surface area contributed by atoms with Crippen LogP contribution in [0.2, 0.25) is 5.02 Å². The van der Waals surface area contributed by atoms with Gasteiger partial charge < -0.3 is 5.32 Å². The third-order valence-corrected chi connectivity index (χ3v) is 6.22. The molecule has 0 saturated carbocycles. The van der Waals surface area contributed by atoms with E-state index in [1.165, 1.54) is 38.2 Å². The highest BCUT2D eigenvalue weighted by Crippen LogP contribution is 2.32. The fourth-order valence-electron chi connectivity index (χ4n) is 3.30. The zero-order valence-corrected chi connectivity index (χ0v) is 20.1. The van der Waals surface area contributed by atoms with Crippen LogP contribution in [0.1, 0.15) is 29.7 Å². The molecule has 6 nitrogen and oxygen atoms in total. The van der Waals surface area contributed by atoms with Crippen molar-refractivity contribution >= 4 is 34.1 Å². The van der Waals surface area contributed by atoms with Crippen LogP contribution in [0.5, 0.6) is 0 Å². The first kappa shape index (κ1) is 26.4. The van der Waals surface area contributed by atoms with E-state index in [1.54, 1.807) is 18.2 Å². The highest BCUT2D eigenvalue weighted by molar-refractivity contribution is 7.74. The van der Waals surface area contributed by atoms with Crippen molar-refractivity contribution in [2.24, 2.45) is 0 Å². The summed E-state index contributed by atoms with van der Waals surface area (Å²) in [4.78, 5) is 16.5. The summed E-state index contributed by atoms with van der Waals surface area (Å²) in [5, 5.41) is 2.94. The molecule has 0 aliphatic carbocycles. The van der Waals surface area contributed by atoms with Crippen molar-refractivity contribution in [2.45, 2.75) is 25.6 Å². The number of hydrogen-bond acceptors (Lipinski definition) is 4. The van der Waals surface area contributed by atoms with Crippen LogP contribution < -0.4 is 9.62 Å². The number of amides is 1. The number of nitrogens with zero attached hydrogens (tertiary/aromatic N) is 2. The summed E-state index contributed by atoms with van der Waals surface area (Å²) in [6, 6.07) is 11.9. The molecule has 1 N–H and O–H groups in total. The summed E-state index contributed by atoms with van der Waals surface area (Å²) < 4.78 is 77.0. The molecule has 0 bridgehead atoms. The predicted molar refractivity (Wildman–Crippen MR) is 125 cm³/mol. The van der Waals surface area contributed by atoms with Gasteiger partial charge >= 0.3 is 6.18 Å². The smallest absolute Gasteiger partial charge is 0.351 e. The van der Waals surface area contributed by atoms with E-state index < -0.39 is 40.4 Å². The van der Waals surface area contributed by atoms with E-state index in [0.29, 0.717) is 21.7 Å². The molecule has 186 valence electrons. The number of carbonyl (C=O) groups is 1. The summed E-state index contributed by atoms with van der Waals surface area (Å²) in [5.74, 6) is -2.17. The number of alkyl halides is 3. The number of nitrogens with one attached hydrogen (secondary N) is 1. The Morgan fingerprint density at radius 3 is 2.46 bits per heavy atom. The van der Waals surface area contributed by atoms with Crippen LogP contribution in [-0.4, -0.2) is 26.4 Å². The van der Waals surface area contributed by atoms with Gasteiger partial charge in [0.25, 0.3) is 0 Å². The van der Waals surface area contributed by atoms with Gasteiger partial charge in [-0.3, -0.25) is 9.10 Å². The molecule has 0 aliphatic heterocycles. The molecule has 0 radical (unpaired) electrons. The Balaban J connectivity index is 1.83. The van der Waals surface area contributed by atoms with Crippen LogP contribution in [0.4, 0.5) is 23.2 Å². The van der Waals surface area contributed by atoms with Crippen molar-refractivity contribution < 1.29 is 30.8 Å². The molecule has 2 aromatic carbocycles. The highest BCUT2D eigenvalue weighted by Gasteiger charge is 2.33. The van der Waals surface area contributed by atoms with Gasteiger partial charge in [-0.15, -0.1) is 0 Å². The second-order valence-electron chi connectivity index (χ2n) is 7.62. The van der Waals surface area contributed by atoms with Crippen molar-refractivity contribution in [1.82, 2.24) is 10.3 Å². The number of anilines is 1. The fourth-order valence-corrected chi connectivity index (χ4v) is 3.83. The third kappa shape index (κ3) is 6.29. The number of aromatic nitrogens is 1. The van der Waals surface area contributed by atoms with Gasteiger partial charge in [0.1, 0.15) is 11.5 Å². The van der Waals surface area contributed by atoms with Gasteiger partial charge in [-0.25, -0.2) is 17.8 Å². The second-order valence-corrected chi connectivity index (χ2v) is 9.14. The van der Waals surface area contributed by atoms with Gasteiger partial charge in [0, 0.05) is 24.2 Å².